The summed E-state index contributed by atoms with van der Waals surface area (Å²) in [5.74, 6) is -0.765. The summed E-state index contributed by atoms with van der Waals surface area (Å²) in [7, 11) is 0. The van der Waals surface area contributed by atoms with Crippen LogP contribution < -0.4 is 0 Å². The molecule has 14 heavy (non-hydrogen) atoms. The Bertz CT molecular complexity index is 354. The Morgan fingerprint density at radius 1 is 1.21 bits per heavy atom. The molecule has 0 aliphatic rings. The van der Waals surface area contributed by atoms with Gasteiger partial charge in [-0.05, 0) is 26.0 Å². The zero-order valence-electron chi connectivity index (χ0n) is 8.08. The molecule has 0 aliphatic heterocycles. The van der Waals surface area contributed by atoms with Crippen molar-refractivity contribution in [2.45, 2.75) is 13.8 Å². The Hall–Kier alpha value is -0.960. The Kier molecular flexibility index (Phi) is 3.58. The smallest absolute Gasteiger partial charge is 0.173 e. The molecule has 74 valence electrons. The normalized spacial score (nSPS) is 12.2. The molecule has 1 atom stereocenters. The number of rotatable bonds is 3. The summed E-state index contributed by atoms with van der Waals surface area (Å²) in [6.07, 6.45) is 0. The van der Waals surface area contributed by atoms with Crippen molar-refractivity contribution in [1.82, 2.24) is 0 Å². The zero-order chi connectivity index (χ0) is 10.7. The van der Waals surface area contributed by atoms with Crippen LogP contribution in [0.1, 0.15) is 24.2 Å². The number of Topliss-reactive ketones (excluding diaryl/α,β-unsaturated/α-hetero) is 2. The molecule has 0 fully saturated rings. The minimum Gasteiger partial charge on any atom is -0.299 e. The fraction of sp³-hybridized carbons (Fsp3) is 0.273. The van der Waals surface area contributed by atoms with Crippen LogP contribution in [0, 0.1) is 5.92 Å². The van der Waals surface area contributed by atoms with E-state index in [2.05, 4.69) is 15.9 Å². The molecule has 0 N–H and O–H groups in total. The monoisotopic (exact) mass is 254 g/mol. The van der Waals surface area contributed by atoms with Gasteiger partial charge in [0.1, 0.15) is 5.78 Å². The van der Waals surface area contributed by atoms with Crippen molar-refractivity contribution >= 4 is 27.5 Å². The highest BCUT2D eigenvalue weighted by atomic mass is 79.9. The van der Waals surface area contributed by atoms with Crippen LogP contribution in [0.3, 0.4) is 0 Å². The molecule has 1 unspecified atom stereocenters. The minimum absolute atomic E-state index is 0.0991. The van der Waals surface area contributed by atoms with Crippen molar-refractivity contribution in [2.75, 3.05) is 0 Å². The lowest BCUT2D eigenvalue weighted by atomic mass is 9.96. The second kappa shape index (κ2) is 4.51. The van der Waals surface area contributed by atoms with Crippen molar-refractivity contribution in [3.63, 3.8) is 0 Å². The van der Waals surface area contributed by atoms with E-state index in [0.29, 0.717) is 5.56 Å². The van der Waals surface area contributed by atoms with Gasteiger partial charge in [0.25, 0.3) is 0 Å². The van der Waals surface area contributed by atoms with Crippen LogP contribution in [0.5, 0.6) is 0 Å². The van der Waals surface area contributed by atoms with E-state index in [1.165, 1.54) is 6.92 Å². The number of carbonyl (C=O) groups is 2. The highest BCUT2D eigenvalue weighted by Gasteiger charge is 2.18. The summed E-state index contributed by atoms with van der Waals surface area (Å²) in [6, 6.07) is 7.01. The highest BCUT2D eigenvalue weighted by molar-refractivity contribution is 9.10. The predicted octanol–water partition coefficient (Wildman–Crippen LogP) is 2.86. The molecule has 0 aliphatic carbocycles. The third kappa shape index (κ3) is 2.51. The summed E-state index contributed by atoms with van der Waals surface area (Å²) in [6.45, 7) is 3.06. The van der Waals surface area contributed by atoms with Crippen molar-refractivity contribution in [1.29, 1.82) is 0 Å². The lowest BCUT2D eigenvalue weighted by Crippen LogP contribution is -2.18. The van der Waals surface area contributed by atoms with Crippen LogP contribution in [0.2, 0.25) is 0 Å². The number of hydrogen-bond acceptors (Lipinski definition) is 2. The first kappa shape index (κ1) is 11.1. The first-order chi connectivity index (χ1) is 6.52. The van der Waals surface area contributed by atoms with E-state index in [-0.39, 0.29) is 11.6 Å². The van der Waals surface area contributed by atoms with Crippen molar-refractivity contribution in [2.24, 2.45) is 5.92 Å². The first-order valence-electron chi connectivity index (χ1n) is 4.32. The molecule has 0 amide bonds. The Morgan fingerprint density at radius 2 is 1.71 bits per heavy atom. The summed E-state index contributed by atoms with van der Waals surface area (Å²) in [4.78, 5) is 22.7. The fourth-order valence-corrected chi connectivity index (χ4v) is 1.31. The molecule has 0 aromatic heterocycles. The molecular formula is C11H11BrO2. The number of halogens is 1. The molecule has 0 saturated heterocycles. The maximum Gasteiger partial charge on any atom is 0.173 e. The van der Waals surface area contributed by atoms with Gasteiger partial charge in [-0.25, -0.2) is 0 Å². The molecule has 1 aromatic rings. The van der Waals surface area contributed by atoms with E-state index < -0.39 is 5.92 Å². The van der Waals surface area contributed by atoms with Crippen LogP contribution in [0.4, 0.5) is 0 Å². The summed E-state index contributed by atoms with van der Waals surface area (Å²) in [5.41, 5.74) is 0.580. The summed E-state index contributed by atoms with van der Waals surface area (Å²) < 4.78 is 0.921. The summed E-state index contributed by atoms with van der Waals surface area (Å²) in [5, 5.41) is 0. The largest absolute Gasteiger partial charge is 0.299 e. The molecule has 3 heteroatoms. The minimum atomic E-state index is -0.545. The number of carbonyl (C=O) groups excluding carboxylic acids is 2. The maximum absolute atomic E-state index is 11.7. The molecule has 1 aromatic carbocycles. The summed E-state index contributed by atoms with van der Waals surface area (Å²) >= 11 is 3.28. The van der Waals surface area contributed by atoms with Gasteiger partial charge in [0, 0.05) is 10.0 Å². The standard InChI is InChI=1S/C11H11BrO2/c1-7(8(2)13)11(14)9-3-5-10(12)6-4-9/h3-7H,1-2H3. The van der Waals surface area contributed by atoms with Gasteiger partial charge in [-0.2, -0.15) is 0 Å². The van der Waals surface area contributed by atoms with Gasteiger partial charge in [-0.1, -0.05) is 28.1 Å². The Morgan fingerprint density at radius 3 is 2.14 bits per heavy atom. The fourth-order valence-electron chi connectivity index (χ4n) is 1.05. The molecule has 0 radical (unpaired) electrons. The third-order valence-electron chi connectivity index (χ3n) is 2.13. The maximum atomic E-state index is 11.7. The SMILES string of the molecule is CC(=O)C(C)C(=O)c1ccc(Br)cc1. The first-order valence-corrected chi connectivity index (χ1v) is 5.12. The Labute approximate surface area is 91.4 Å². The molecular weight excluding hydrogens is 244 g/mol. The van der Waals surface area contributed by atoms with Crippen LogP contribution in [-0.2, 0) is 4.79 Å². The van der Waals surface area contributed by atoms with E-state index in [1.54, 1.807) is 31.2 Å². The second-order valence-electron chi connectivity index (χ2n) is 3.20. The van der Waals surface area contributed by atoms with E-state index in [1.807, 2.05) is 0 Å². The Balaban J connectivity index is 2.90. The van der Waals surface area contributed by atoms with Crippen LogP contribution >= 0.6 is 15.9 Å². The lowest BCUT2D eigenvalue weighted by Gasteiger charge is -2.05. The van der Waals surface area contributed by atoms with Gasteiger partial charge in [-0.15, -0.1) is 0 Å². The molecule has 0 bridgehead atoms. The van der Waals surface area contributed by atoms with E-state index in [0.717, 1.165) is 4.47 Å². The lowest BCUT2D eigenvalue weighted by molar-refractivity contribution is -0.118. The van der Waals surface area contributed by atoms with Crippen molar-refractivity contribution < 1.29 is 9.59 Å². The number of ketones is 2. The number of hydrogen-bond donors (Lipinski definition) is 0. The van der Waals surface area contributed by atoms with Gasteiger partial charge in [0.05, 0.1) is 5.92 Å². The van der Waals surface area contributed by atoms with Gasteiger partial charge in [-0.3, -0.25) is 9.59 Å². The van der Waals surface area contributed by atoms with Crippen LogP contribution in [-0.4, -0.2) is 11.6 Å². The quantitative estimate of drug-likeness (QED) is 0.614. The van der Waals surface area contributed by atoms with Crippen molar-refractivity contribution in [3.05, 3.63) is 34.3 Å². The van der Waals surface area contributed by atoms with Crippen molar-refractivity contribution in [3.8, 4) is 0 Å². The molecule has 0 saturated carbocycles. The molecule has 2 nitrogen and oxygen atoms in total. The van der Waals surface area contributed by atoms with Gasteiger partial charge >= 0.3 is 0 Å². The molecule has 1 rings (SSSR count). The van der Waals surface area contributed by atoms with E-state index in [4.69, 9.17) is 0 Å². The van der Waals surface area contributed by atoms with Crippen LogP contribution in [0.15, 0.2) is 28.7 Å². The predicted molar refractivity (Wildman–Crippen MR) is 58.3 cm³/mol. The number of benzene rings is 1. The third-order valence-corrected chi connectivity index (χ3v) is 2.66. The van der Waals surface area contributed by atoms with Gasteiger partial charge in [0.2, 0.25) is 0 Å². The van der Waals surface area contributed by atoms with Crippen LogP contribution in [0.25, 0.3) is 0 Å². The van der Waals surface area contributed by atoms with E-state index in [9.17, 15) is 9.59 Å². The van der Waals surface area contributed by atoms with Gasteiger partial charge < -0.3 is 0 Å². The molecule has 0 heterocycles. The zero-order valence-corrected chi connectivity index (χ0v) is 9.67. The highest BCUT2D eigenvalue weighted by Crippen LogP contribution is 2.14. The molecule has 0 spiro atoms. The average Bonchev–Trinajstić information content (AvgIpc) is 2.16. The average molecular weight is 255 g/mol. The second-order valence-corrected chi connectivity index (χ2v) is 4.12. The topological polar surface area (TPSA) is 34.1 Å². The van der Waals surface area contributed by atoms with Gasteiger partial charge in [0.15, 0.2) is 5.78 Å². The van der Waals surface area contributed by atoms with E-state index >= 15 is 0 Å².